The Morgan fingerprint density at radius 1 is 1.33 bits per heavy atom. The maximum atomic E-state index is 13.4. The van der Waals surface area contributed by atoms with Crippen molar-refractivity contribution in [1.29, 1.82) is 0 Å². The van der Waals surface area contributed by atoms with Crippen molar-refractivity contribution in [2.24, 2.45) is 0 Å². The molecular weight excluding hydrogens is 200 g/mol. The first-order valence-electron chi connectivity index (χ1n) is 4.79. The number of nitrogens with two attached hydrogens (primary N) is 1. The molecule has 78 valence electrons. The minimum atomic E-state index is -0.656. The Balaban J connectivity index is 2.38. The van der Waals surface area contributed by atoms with E-state index >= 15 is 0 Å². The molecule has 1 fully saturated rings. The van der Waals surface area contributed by atoms with E-state index < -0.39 is 11.6 Å². The number of hydrogen-bond donors (Lipinski definition) is 1. The molecule has 0 radical (unpaired) electrons. The number of rotatable bonds is 1. The smallest absolute Gasteiger partial charge is 0.201 e. The second kappa shape index (κ2) is 2.68. The van der Waals surface area contributed by atoms with E-state index in [1.807, 2.05) is 0 Å². The lowest BCUT2D eigenvalue weighted by Crippen LogP contribution is -2.00. The maximum absolute atomic E-state index is 13.4. The van der Waals surface area contributed by atoms with E-state index in [0.29, 0.717) is 5.52 Å². The highest BCUT2D eigenvalue weighted by Gasteiger charge is 2.28. The normalized spacial score (nSPS) is 16.1. The van der Waals surface area contributed by atoms with Crippen molar-refractivity contribution in [2.75, 3.05) is 5.73 Å². The van der Waals surface area contributed by atoms with Crippen LogP contribution in [0.4, 0.5) is 14.7 Å². The fourth-order valence-corrected chi connectivity index (χ4v) is 1.86. The van der Waals surface area contributed by atoms with Crippen LogP contribution in [0.2, 0.25) is 0 Å². The summed E-state index contributed by atoms with van der Waals surface area (Å²) in [6.45, 7) is 0. The van der Waals surface area contributed by atoms with E-state index in [9.17, 15) is 8.78 Å². The minimum Gasteiger partial charge on any atom is -0.369 e. The molecular formula is C10H9F2N3. The van der Waals surface area contributed by atoms with Crippen LogP contribution in [0.25, 0.3) is 11.0 Å². The largest absolute Gasteiger partial charge is 0.369 e. The predicted octanol–water partition coefficient (Wildman–Crippen LogP) is 2.23. The molecule has 3 nitrogen and oxygen atoms in total. The first-order chi connectivity index (χ1) is 7.16. The summed E-state index contributed by atoms with van der Waals surface area (Å²) in [6, 6.07) is 2.36. The van der Waals surface area contributed by atoms with Crippen molar-refractivity contribution in [2.45, 2.75) is 18.9 Å². The van der Waals surface area contributed by atoms with Crippen LogP contribution >= 0.6 is 0 Å². The molecule has 0 saturated heterocycles. The molecule has 1 aliphatic rings. The van der Waals surface area contributed by atoms with Crippen molar-refractivity contribution in [3.63, 3.8) is 0 Å². The molecule has 0 atom stereocenters. The SMILES string of the molecule is Nc1nc2c(F)cc(F)cc2n1C1CC1. The van der Waals surface area contributed by atoms with Gasteiger partial charge in [-0.1, -0.05) is 0 Å². The standard InChI is InChI=1S/C10H9F2N3/c11-5-3-7(12)9-8(4-5)15(6-1-2-6)10(13)14-9/h3-4,6H,1-2H2,(H2,13,14). The van der Waals surface area contributed by atoms with Crippen LogP contribution in [0.15, 0.2) is 12.1 Å². The summed E-state index contributed by atoms with van der Waals surface area (Å²) in [5.74, 6) is -0.991. The lowest BCUT2D eigenvalue weighted by atomic mass is 10.3. The van der Waals surface area contributed by atoms with Crippen molar-refractivity contribution in [3.8, 4) is 0 Å². The molecule has 1 saturated carbocycles. The highest BCUT2D eigenvalue weighted by atomic mass is 19.1. The fourth-order valence-electron chi connectivity index (χ4n) is 1.86. The summed E-state index contributed by atoms with van der Waals surface area (Å²) in [5.41, 5.74) is 6.28. The molecule has 0 aliphatic heterocycles. The highest BCUT2D eigenvalue weighted by molar-refractivity contribution is 5.79. The van der Waals surface area contributed by atoms with Crippen molar-refractivity contribution < 1.29 is 8.78 Å². The molecule has 2 N–H and O–H groups in total. The van der Waals surface area contributed by atoms with Crippen molar-refractivity contribution in [3.05, 3.63) is 23.8 Å². The first-order valence-corrected chi connectivity index (χ1v) is 4.79. The molecule has 5 heteroatoms. The van der Waals surface area contributed by atoms with Gasteiger partial charge in [0.1, 0.15) is 11.3 Å². The number of anilines is 1. The zero-order chi connectivity index (χ0) is 10.6. The molecule has 0 unspecified atom stereocenters. The monoisotopic (exact) mass is 209 g/mol. The third-order valence-corrected chi connectivity index (χ3v) is 2.65. The third-order valence-electron chi connectivity index (χ3n) is 2.65. The van der Waals surface area contributed by atoms with E-state index in [1.54, 1.807) is 4.57 Å². The lowest BCUT2D eigenvalue weighted by Gasteiger charge is -2.02. The summed E-state index contributed by atoms with van der Waals surface area (Å²) in [4.78, 5) is 3.91. The molecule has 0 bridgehead atoms. The molecule has 1 aliphatic carbocycles. The Morgan fingerprint density at radius 2 is 2.07 bits per heavy atom. The van der Waals surface area contributed by atoms with Gasteiger partial charge in [-0.2, -0.15) is 0 Å². The number of nitrogen functional groups attached to an aromatic ring is 1. The van der Waals surface area contributed by atoms with E-state index in [1.165, 1.54) is 6.07 Å². The molecule has 0 spiro atoms. The molecule has 15 heavy (non-hydrogen) atoms. The Morgan fingerprint density at radius 3 is 2.73 bits per heavy atom. The van der Waals surface area contributed by atoms with Gasteiger partial charge in [0.15, 0.2) is 5.82 Å². The summed E-state index contributed by atoms with van der Waals surface area (Å²) < 4.78 is 28.1. The molecule has 1 aromatic carbocycles. The van der Waals surface area contributed by atoms with Crippen LogP contribution in [0, 0.1) is 11.6 Å². The van der Waals surface area contributed by atoms with Gasteiger partial charge in [-0.15, -0.1) is 0 Å². The van der Waals surface area contributed by atoms with E-state index in [4.69, 9.17) is 5.73 Å². The van der Waals surface area contributed by atoms with Gasteiger partial charge < -0.3 is 10.3 Å². The Kier molecular flexibility index (Phi) is 1.55. The van der Waals surface area contributed by atoms with Gasteiger partial charge in [0.25, 0.3) is 0 Å². The lowest BCUT2D eigenvalue weighted by molar-refractivity contribution is 0.590. The van der Waals surface area contributed by atoms with Crippen LogP contribution in [0.1, 0.15) is 18.9 Å². The van der Waals surface area contributed by atoms with Crippen molar-refractivity contribution in [1.82, 2.24) is 9.55 Å². The number of hydrogen-bond acceptors (Lipinski definition) is 2. The zero-order valence-corrected chi connectivity index (χ0v) is 7.87. The van der Waals surface area contributed by atoms with Crippen LogP contribution in [-0.2, 0) is 0 Å². The van der Waals surface area contributed by atoms with Crippen molar-refractivity contribution >= 4 is 17.0 Å². The highest BCUT2D eigenvalue weighted by Crippen LogP contribution is 2.39. The van der Waals surface area contributed by atoms with E-state index in [0.717, 1.165) is 18.9 Å². The van der Waals surface area contributed by atoms with Crippen LogP contribution in [0.3, 0.4) is 0 Å². The number of fused-ring (bicyclic) bond motifs is 1. The molecule has 1 aromatic heterocycles. The Bertz CT molecular complexity index is 543. The van der Waals surface area contributed by atoms with E-state index in [2.05, 4.69) is 4.98 Å². The quantitative estimate of drug-likeness (QED) is 0.782. The van der Waals surface area contributed by atoms with Crippen LogP contribution < -0.4 is 5.73 Å². The Hall–Kier alpha value is -1.65. The topological polar surface area (TPSA) is 43.8 Å². The van der Waals surface area contributed by atoms with Gasteiger partial charge in [-0.25, -0.2) is 13.8 Å². The summed E-state index contributed by atoms with van der Waals surface area (Å²) >= 11 is 0. The second-order valence-electron chi connectivity index (χ2n) is 3.83. The van der Waals surface area contributed by atoms with Gasteiger partial charge >= 0.3 is 0 Å². The fraction of sp³-hybridized carbons (Fsp3) is 0.300. The van der Waals surface area contributed by atoms with Gasteiger partial charge in [0, 0.05) is 18.2 Å². The Labute approximate surface area is 84.5 Å². The van der Waals surface area contributed by atoms with E-state index in [-0.39, 0.29) is 17.5 Å². The van der Waals surface area contributed by atoms with Crippen LogP contribution in [-0.4, -0.2) is 9.55 Å². The number of halogens is 2. The average molecular weight is 209 g/mol. The maximum Gasteiger partial charge on any atom is 0.201 e. The second-order valence-corrected chi connectivity index (χ2v) is 3.83. The molecule has 3 rings (SSSR count). The summed E-state index contributed by atoms with van der Waals surface area (Å²) in [7, 11) is 0. The number of nitrogens with zero attached hydrogens (tertiary/aromatic N) is 2. The van der Waals surface area contributed by atoms with Gasteiger partial charge in [-0.3, -0.25) is 0 Å². The summed E-state index contributed by atoms with van der Waals surface area (Å²) in [6.07, 6.45) is 1.99. The number of benzene rings is 1. The molecule has 2 aromatic rings. The van der Waals surface area contributed by atoms with Gasteiger partial charge in [0.2, 0.25) is 5.95 Å². The average Bonchev–Trinajstić information content (AvgIpc) is 2.91. The van der Waals surface area contributed by atoms with Crippen LogP contribution in [0.5, 0.6) is 0 Å². The number of imidazole rings is 1. The zero-order valence-electron chi connectivity index (χ0n) is 7.87. The number of aromatic nitrogens is 2. The third kappa shape index (κ3) is 1.19. The van der Waals surface area contributed by atoms with Gasteiger partial charge in [0.05, 0.1) is 5.52 Å². The molecule has 1 heterocycles. The predicted molar refractivity (Wildman–Crippen MR) is 52.3 cm³/mol. The van der Waals surface area contributed by atoms with Gasteiger partial charge in [-0.05, 0) is 12.8 Å². The minimum absolute atomic E-state index is 0.154. The summed E-state index contributed by atoms with van der Waals surface area (Å²) in [5, 5.41) is 0. The first kappa shape index (κ1) is 8.64. The molecule has 0 amide bonds.